The van der Waals surface area contributed by atoms with Gasteiger partial charge in [-0.15, -0.1) is 0 Å². The molecule has 0 fully saturated rings. The largest absolute Gasteiger partial charge is 0.338 e. The molecule has 2 rings (SSSR count). The van der Waals surface area contributed by atoms with Crippen LogP contribution in [0, 0.1) is 0 Å². The predicted molar refractivity (Wildman–Crippen MR) is 67.2 cm³/mol. The van der Waals surface area contributed by atoms with Crippen LogP contribution < -0.4 is 5.32 Å². The van der Waals surface area contributed by atoms with Gasteiger partial charge in [0.15, 0.2) is 0 Å². The van der Waals surface area contributed by atoms with Gasteiger partial charge >= 0.3 is 0 Å². The second-order valence-corrected chi connectivity index (χ2v) is 4.85. The minimum atomic E-state index is 0.387. The van der Waals surface area contributed by atoms with E-state index in [1.807, 2.05) is 6.07 Å². The van der Waals surface area contributed by atoms with Gasteiger partial charge in [-0.3, -0.25) is 4.98 Å². The first-order valence-electron chi connectivity index (χ1n) is 5.32. The Morgan fingerprint density at radius 1 is 1.41 bits per heavy atom. The molecule has 0 amide bonds. The lowest BCUT2D eigenvalue weighted by molar-refractivity contribution is 0.362. The van der Waals surface area contributed by atoms with Gasteiger partial charge in [-0.05, 0) is 22.0 Å². The summed E-state index contributed by atoms with van der Waals surface area (Å²) in [5.41, 5.74) is 0.832. The van der Waals surface area contributed by atoms with Crippen molar-refractivity contribution in [1.29, 1.82) is 0 Å². The van der Waals surface area contributed by atoms with Gasteiger partial charge in [0, 0.05) is 28.5 Å². The molecular formula is C11H13BrN4O. The average Bonchev–Trinajstić information content (AvgIpc) is 2.75. The monoisotopic (exact) mass is 296 g/mol. The van der Waals surface area contributed by atoms with E-state index in [1.165, 1.54) is 0 Å². The number of nitrogens with one attached hydrogen (secondary N) is 1. The van der Waals surface area contributed by atoms with Crippen LogP contribution in [0.5, 0.6) is 0 Å². The SMILES string of the molecule is CC(C)NCc1nc(-c2cncc(Br)c2)no1. The molecule has 0 bridgehead atoms. The Morgan fingerprint density at radius 3 is 2.94 bits per heavy atom. The number of aromatic nitrogens is 3. The van der Waals surface area contributed by atoms with Gasteiger partial charge in [0.2, 0.25) is 11.7 Å². The van der Waals surface area contributed by atoms with E-state index in [1.54, 1.807) is 12.4 Å². The number of halogens is 1. The fraction of sp³-hybridized carbons (Fsp3) is 0.364. The Balaban J connectivity index is 2.12. The molecule has 0 spiro atoms. The standard InChI is InChI=1S/C11H13BrN4O/c1-7(2)14-6-10-15-11(16-17-10)8-3-9(12)5-13-4-8/h3-5,7,14H,6H2,1-2H3. The van der Waals surface area contributed by atoms with Gasteiger partial charge in [-0.25, -0.2) is 0 Å². The van der Waals surface area contributed by atoms with Crippen LogP contribution in [0.1, 0.15) is 19.7 Å². The number of nitrogens with zero attached hydrogens (tertiary/aromatic N) is 3. The highest BCUT2D eigenvalue weighted by Crippen LogP contribution is 2.18. The number of hydrogen-bond donors (Lipinski definition) is 1. The van der Waals surface area contributed by atoms with Gasteiger partial charge in [0.1, 0.15) is 0 Å². The molecule has 0 aliphatic carbocycles. The molecule has 0 saturated heterocycles. The summed E-state index contributed by atoms with van der Waals surface area (Å²) < 4.78 is 6.03. The van der Waals surface area contributed by atoms with Gasteiger partial charge < -0.3 is 9.84 Å². The van der Waals surface area contributed by atoms with Crippen molar-refractivity contribution in [2.24, 2.45) is 0 Å². The predicted octanol–water partition coefficient (Wildman–Crippen LogP) is 2.39. The van der Waals surface area contributed by atoms with Crippen LogP contribution in [0.2, 0.25) is 0 Å². The summed E-state index contributed by atoms with van der Waals surface area (Å²) in [6.45, 7) is 4.71. The first kappa shape index (κ1) is 12.2. The molecule has 0 aromatic carbocycles. The van der Waals surface area contributed by atoms with Crippen molar-refractivity contribution in [2.45, 2.75) is 26.4 Å². The summed E-state index contributed by atoms with van der Waals surface area (Å²) in [5, 5.41) is 7.14. The third-order valence-corrected chi connectivity index (χ3v) is 2.53. The third kappa shape index (κ3) is 3.34. The summed E-state index contributed by atoms with van der Waals surface area (Å²) >= 11 is 3.36. The van der Waals surface area contributed by atoms with E-state index in [0.717, 1.165) is 10.0 Å². The minimum absolute atomic E-state index is 0.387. The van der Waals surface area contributed by atoms with Gasteiger partial charge in [-0.2, -0.15) is 4.98 Å². The zero-order valence-electron chi connectivity index (χ0n) is 9.64. The first-order valence-corrected chi connectivity index (χ1v) is 6.11. The van der Waals surface area contributed by atoms with Crippen molar-refractivity contribution < 1.29 is 4.52 Å². The van der Waals surface area contributed by atoms with Crippen LogP contribution in [-0.2, 0) is 6.54 Å². The van der Waals surface area contributed by atoms with Crippen LogP contribution >= 0.6 is 15.9 Å². The van der Waals surface area contributed by atoms with E-state index >= 15 is 0 Å². The minimum Gasteiger partial charge on any atom is -0.338 e. The molecule has 0 radical (unpaired) electrons. The Morgan fingerprint density at radius 2 is 2.24 bits per heavy atom. The van der Waals surface area contributed by atoms with Crippen LogP contribution in [-0.4, -0.2) is 21.2 Å². The summed E-state index contributed by atoms with van der Waals surface area (Å²) in [7, 11) is 0. The Bertz CT molecular complexity index is 498. The van der Waals surface area contributed by atoms with Crippen LogP contribution in [0.4, 0.5) is 0 Å². The highest BCUT2D eigenvalue weighted by atomic mass is 79.9. The molecular weight excluding hydrogens is 284 g/mol. The second kappa shape index (κ2) is 5.37. The Labute approximate surface area is 108 Å². The Kier molecular flexibility index (Phi) is 3.86. The second-order valence-electron chi connectivity index (χ2n) is 3.94. The van der Waals surface area contributed by atoms with E-state index < -0.39 is 0 Å². The van der Waals surface area contributed by atoms with E-state index in [-0.39, 0.29) is 0 Å². The zero-order chi connectivity index (χ0) is 12.3. The molecule has 0 saturated carbocycles. The van der Waals surface area contributed by atoms with Crippen LogP contribution in [0.15, 0.2) is 27.5 Å². The molecule has 17 heavy (non-hydrogen) atoms. The fourth-order valence-corrected chi connectivity index (χ4v) is 1.63. The van der Waals surface area contributed by atoms with Crippen molar-refractivity contribution in [1.82, 2.24) is 20.4 Å². The van der Waals surface area contributed by atoms with Gasteiger partial charge in [0.05, 0.1) is 6.54 Å². The van der Waals surface area contributed by atoms with Crippen molar-refractivity contribution in [3.63, 3.8) is 0 Å². The first-order chi connectivity index (χ1) is 8.15. The van der Waals surface area contributed by atoms with E-state index in [4.69, 9.17) is 4.52 Å². The van der Waals surface area contributed by atoms with Crippen LogP contribution in [0.25, 0.3) is 11.4 Å². The molecule has 5 nitrogen and oxygen atoms in total. The molecule has 6 heteroatoms. The summed E-state index contributed by atoms with van der Waals surface area (Å²) in [6.07, 6.45) is 3.42. The smallest absolute Gasteiger partial charge is 0.240 e. The van der Waals surface area contributed by atoms with E-state index in [2.05, 4.69) is 50.2 Å². The molecule has 1 N–H and O–H groups in total. The molecule has 2 heterocycles. The van der Waals surface area contributed by atoms with E-state index in [9.17, 15) is 0 Å². The highest BCUT2D eigenvalue weighted by Gasteiger charge is 2.09. The highest BCUT2D eigenvalue weighted by molar-refractivity contribution is 9.10. The average molecular weight is 297 g/mol. The Hall–Kier alpha value is -1.27. The molecule has 0 unspecified atom stereocenters. The molecule has 0 aliphatic rings. The molecule has 0 aliphatic heterocycles. The lowest BCUT2D eigenvalue weighted by Gasteiger charge is -2.02. The number of hydrogen-bond acceptors (Lipinski definition) is 5. The van der Waals surface area contributed by atoms with Crippen LogP contribution in [0.3, 0.4) is 0 Å². The fourth-order valence-electron chi connectivity index (χ4n) is 1.27. The summed E-state index contributed by atoms with van der Waals surface area (Å²) in [4.78, 5) is 8.35. The normalized spacial score (nSPS) is 11.1. The molecule has 2 aromatic rings. The molecule has 0 atom stereocenters. The molecule has 2 aromatic heterocycles. The summed E-state index contributed by atoms with van der Waals surface area (Å²) in [6, 6.07) is 2.29. The van der Waals surface area contributed by atoms with Crippen molar-refractivity contribution in [2.75, 3.05) is 0 Å². The van der Waals surface area contributed by atoms with Crippen molar-refractivity contribution >= 4 is 15.9 Å². The zero-order valence-corrected chi connectivity index (χ0v) is 11.2. The third-order valence-electron chi connectivity index (χ3n) is 2.09. The van der Waals surface area contributed by atoms with Crippen molar-refractivity contribution in [3.8, 4) is 11.4 Å². The van der Waals surface area contributed by atoms with Gasteiger partial charge in [-0.1, -0.05) is 19.0 Å². The molecule has 90 valence electrons. The van der Waals surface area contributed by atoms with Gasteiger partial charge in [0.25, 0.3) is 0 Å². The maximum absolute atomic E-state index is 5.14. The number of rotatable bonds is 4. The lowest BCUT2D eigenvalue weighted by Crippen LogP contribution is -2.21. The maximum Gasteiger partial charge on any atom is 0.240 e. The van der Waals surface area contributed by atoms with Crippen molar-refractivity contribution in [3.05, 3.63) is 28.8 Å². The summed E-state index contributed by atoms with van der Waals surface area (Å²) in [5.74, 6) is 1.13. The number of pyridine rings is 1. The maximum atomic E-state index is 5.14. The topological polar surface area (TPSA) is 63.8 Å². The van der Waals surface area contributed by atoms with E-state index in [0.29, 0.717) is 24.3 Å². The lowest BCUT2D eigenvalue weighted by atomic mass is 10.3. The quantitative estimate of drug-likeness (QED) is 0.938.